The number of phenolic OH excluding ortho intramolecular Hbond substituents is 1. The molecule has 2 atom stereocenters. The molecular formula is C15H17N3O. The topological polar surface area (TPSA) is 71.2 Å². The van der Waals surface area contributed by atoms with Crippen LogP contribution in [0.3, 0.4) is 0 Å². The summed E-state index contributed by atoms with van der Waals surface area (Å²) in [7, 11) is 0. The van der Waals surface area contributed by atoms with Gasteiger partial charge in [0, 0.05) is 24.7 Å². The lowest BCUT2D eigenvalue weighted by Crippen LogP contribution is -2.03. The Morgan fingerprint density at radius 1 is 1.21 bits per heavy atom. The van der Waals surface area contributed by atoms with Crippen LogP contribution in [-0.4, -0.2) is 16.1 Å². The third kappa shape index (κ3) is 2.85. The quantitative estimate of drug-likeness (QED) is 0.783. The number of anilines is 1. The molecule has 0 spiro atoms. The summed E-state index contributed by atoms with van der Waals surface area (Å²) in [6.07, 6.45) is 2.97. The number of nitrogens with one attached hydrogen (secondary N) is 1. The van der Waals surface area contributed by atoms with Gasteiger partial charge < -0.3 is 16.2 Å². The first-order valence-electron chi connectivity index (χ1n) is 6.46. The molecule has 1 aliphatic rings. The van der Waals surface area contributed by atoms with Crippen molar-refractivity contribution in [2.45, 2.75) is 24.9 Å². The number of nitrogens with two attached hydrogens (primary N) is 1. The molecule has 98 valence electrons. The highest BCUT2D eigenvalue weighted by molar-refractivity contribution is 5.39. The van der Waals surface area contributed by atoms with Crippen molar-refractivity contribution < 1.29 is 5.11 Å². The molecule has 1 aromatic carbocycles. The molecule has 1 aliphatic carbocycles. The molecule has 2 aromatic rings. The van der Waals surface area contributed by atoms with Gasteiger partial charge in [0.05, 0.1) is 0 Å². The third-order valence-corrected chi connectivity index (χ3v) is 3.46. The van der Waals surface area contributed by atoms with Crippen molar-refractivity contribution in [3.8, 4) is 5.75 Å². The number of pyridine rings is 1. The van der Waals surface area contributed by atoms with Crippen LogP contribution in [0.25, 0.3) is 0 Å². The average molecular weight is 255 g/mol. The zero-order valence-electron chi connectivity index (χ0n) is 10.6. The van der Waals surface area contributed by atoms with E-state index >= 15 is 0 Å². The lowest BCUT2D eigenvalue weighted by Gasteiger charge is -2.06. The Morgan fingerprint density at radius 3 is 2.53 bits per heavy atom. The van der Waals surface area contributed by atoms with Gasteiger partial charge in [-0.1, -0.05) is 18.2 Å². The molecule has 1 fully saturated rings. The Balaban J connectivity index is 1.59. The van der Waals surface area contributed by atoms with Gasteiger partial charge in [-0.2, -0.15) is 0 Å². The summed E-state index contributed by atoms with van der Waals surface area (Å²) in [4.78, 5) is 4.39. The number of hydrogen-bond donors (Lipinski definition) is 3. The van der Waals surface area contributed by atoms with Crippen LogP contribution in [0.15, 0.2) is 42.6 Å². The number of hydrogen-bond acceptors (Lipinski definition) is 4. The number of aromatic nitrogens is 1. The van der Waals surface area contributed by atoms with Gasteiger partial charge in [-0.25, -0.2) is 4.98 Å². The molecule has 1 saturated carbocycles. The summed E-state index contributed by atoms with van der Waals surface area (Å²) in [6.45, 7) is 0.690. The summed E-state index contributed by atoms with van der Waals surface area (Å²) >= 11 is 0. The second kappa shape index (κ2) is 4.90. The van der Waals surface area contributed by atoms with E-state index in [1.807, 2.05) is 24.4 Å². The highest BCUT2D eigenvalue weighted by atomic mass is 16.3. The van der Waals surface area contributed by atoms with E-state index < -0.39 is 0 Å². The minimum absolute atomic E-state index is 0.284. The van der Waals surface area contributed by atoms with Gasteiger partial charge in [-0.05, 0) is 35.7 Å². The molecule has 0 bridgehead atoms. The molecule has 4 N–H and O–H groups in total. The van der Waals surface area contributed by atoms with Crippen molar-refractivity contribution in [2.75, 3.05) is 5.32 Å². The van der Waals surface area contributed by atoms with Crippen molar-refractivity contribution in [3.63, 3.8) is 0 Å². The molecule has 4 nitrogen and oxygen atoms in total. The SMILES string of the molecule is N[C@@H]1C[C@H]1c1ccc(NCc2ccc(O)cc2)nc1. The average Bonchev–Trinajstić information content (AvgIpc) is 3.16. The largest absolute Gasteiger partial charge is 0.508 e. The van der Waals surface area contributed by atoms with Crippen molar-refractivity contribution in [1.82, 2.24) is 4.98 Å². The zero-order valence-corrected chi connectivity index (χ0v) is 10.6. The molecule has 19 heavy (non-hydrogen) atoms. The van der Waals surface area contributed by atoms with Crippen molar-refractivity contribution in [3.05, 3.63) is 53.7 Å². The maximum absolute atomic E-state index is 9.21. The van der Waals surface area contributed by atoms with Crippen LogP contribution >= 0.6 is 0 Å². The normalized spacial score (nSPS) is 21.1. The minimum atomic E-state index is 0.284. The molecule has 1 heterocycles. The maximum atomic E-state index is 9.21. The van der Waals surface area contributed by atoms with E-state index in [0.29, 0.717) is 18.5 Å². The predicted molar refractivity (Wildman–Crippen MR) is 75.0 cm³/mol. The summed E-state index contributed by atoms with van der Waals surface area (Å²) in [6, 6.07) is 11.5. The van der Waals surface area contributed by atoms with E-state index in [1.165, 1.54) is 5.56 Å². The molecule has 0 unspecified atom stereocenters. The Hall–Kier alpha value is -2.07. The van der Waals surface area contributed by atoms with Gasteiger partial charge in [0.2, 0.25) is 0 Å². The number of nitrogens with zero attached hydrogens (tertiary/aromatic N) is 1. The number of aromatic hydroxyl groups is 1. The van der Waals surface area contributed by atoms with Crippen LogP contribution in [0, 0.1) is 0 Å². The van der Waals surface area contributed by atoms with E-state index in [4.69, 9.17) is 5.73 Å². The van der Waals surface area contributed by atoms with E-state index in [2.05, 4.69) is 16.4 Å². The Kier molecular flexibility index (Phi) is 3.09. The molecule has 0 amide bonds. The Bertz CT molecular complexity index is 551. The summed E-state index contributed by atoms with van der Waals surface area (Å²) in [5.74, 6) is 1.64. The molecule has 1 aromatic heterocycles. The van der Waals surface area contributed by atoms with E-state index in [9.17, 15) is 5.11 Å². The van der Waals surface area contributed by atoms with E-state index in [0.717, 1.165) is 17.8 Å². The zero-order chi connectivity index (χ0) is 13.2. The van der Waals surface area contributed by atoms with Crippen LogP contribution in [-0.2, 0) is 6.54 Å². The van der Waals surface area contributed by atoms with Crippen LogP contribution in [0.4, 0.5) is 5.82 Å². The summed E-state index contributed by atoms with van der Waals surface area (Å²) in [5, 5.41) is 12.5. The monoisotopic (exact) mass is 255 g/mol. The van der Waals surface area contributed by atoms with Crippen LogP contribution < -0.4 is 11.1 Å². The maximum Gasteiger partial charge on any atom is 0.126 e. The Labute approximate surface area is 112 Å². The molecule has 0 aliphatic heterocycles. The highest BCUT2D eigenvalue weighted by Gasteiger charge is 2.34. The smallest absolute Gasteiger partial charge is 0.126 e. The predicted octanol–water partition coefficient (Wildman–Crippen LogP) is 2.21. The van der Waals surface area contributed by atoms with Gasteiger partial charge in [-0.15, -0.1) is 0 Å². The van der Waals surface area contributed by atoms with Gasteiger partial charge in [0.15, 0.2) is 0 Å². The van der Waals surface area contributed by atoms with Crippen LogP contribution in [0.5, 0.6) is 5.75 Å². The number of rotatable bonds is 4. The fourth-order valence-corrected chi connectivity index (χ4v) is 2.13. The lowest BCUT2D eigenvalue weighted by molar-refractivity contribution is 0.475. The number of phenols is 1. The fraction of sp³-hybridized carbons (Fsp3) is 0.267. The van der Waals surface area contributed by atoms with Gasteiger partial charge in [0.25, 0.3) is 0 Å². The molecular weight excluding hydrogens is 238 g/mol. The second-order valence-corrected chi connectivity index (χ2v) is 5.00. The van der Waals surface area contributed by atoms with Crippen LogP contribution in [0.1, 0.15) is 23.5 Å². The minimum Gasteiger partial charge on any atom is -0.508 e. The first-order chi connectivity index (χ1) is 9.22. The van der Waals surface area contributed by atoms with E-state index in [1.54, 1.807) is 12.1 Å². The Morgan fingerprint density at radius 2 is 1.95 bits per heavy atom. The third-order valence-electron chi connectivity index (χ3n) is 3.46. The van der Waals surface area contributed by atoms with E-state index in [-0.39, 0.29) is 5.75 Å². The van der Waals surface area contributed by atoms with Gasteiger partial charge in [-0.3, -0.25) is 0 Å². The van der Waals surface area contributed by atoms with Crippen molar-refractivity contribution in [1.29, 1.82) is 0 Å². The summed E-state index contributed by atoms with van der Waals surface area (Å²) in [5.41, 5.74) is 8.15. The summed E-state index contributed by atoms with van der Waals surface area (Å²) < 4.78 is 0. The fourth-order valence-electron chi connectivity index (χ4n) is 2.13. The first-order valence-corrected chi connectivity index (χ1v) is 6.46. The van der Waals surface area contributed by atoms with Gasteiger partial charge >= 0.3 is 0 Å². The van der Waals surface area contributed by atoms with Crippen molar-refractivity contribution in [2.24, 2.45) is 5.73 Å². The number of benzene rings is 1. The second-order valence-electron chi connectivity index (χ2n) is 5.00. The molecule has 0 radical (unpaired) electrons. The first kappa shape index (κ1) is 12.0. The lowest BCUT2D eigenvalue weighted by atomic mass is 10.2. The standard InChI is InChI=1S/C15H17N3O/c16-14-7-13(14)11-3-6-15(18-9-11)17-8-10-1-4-12(19)5-2-10/h1-6,9,13-14,19H,7-8,16H2,(H,17,18)/t13-,14+/m0/s1. The molecule has 0 saturated heterocycles. The highest BCUT2D eigenvalue weighted by Crippen LogP contribution is 2.38. The van der Waals surface area contributed by atoms with Crippen molar-refractivity contribution >= 4 is 5.82 Å². The van der Waals surface area contributed by atoms with Crippen LogP contribution in [0.2, 0.25) is 0 Å². The molecule has 3 rings (SSSR count). The van der Waals surface area contributed by atoms with Gasteiger partial charge in [0.1, 0.15) is 11.6 Å². The molecule has 4 heteroatoms.